The maximum Gasteiger partial charge on any atom is 0.287 e. The van der Waals surface area contributed by atoms with Gasteiger partial charge in [0.05, 0.1) is 19.2 Å². The van der Waals surface area contributed by atoms with Gasteiger partial charge >= 0.3 is 0 Å². The van der Waals surface area contributed by atoms with E-state index in [4.69, 9.17) is 4.42 Å². The lowest BCUT2D eigenvalue weighted by molar-refractivity contribution is -0.117. The van der Waals surface area contributed by atoms with Gasteiger partial charge in [0.1, 0.15) is 0 Å². The van der Waals surface area contributed by atoms with Gasteiger partial charge in [-0.2, -0.15) is 0 Å². The molecule has 25 heavy (non-hydrogen) atoms. The SMILES string of the molecule is O=C(NCC1CCCN1)c1occc1CN1C(=O)Cc2ccccc21. The molecule has 2 N–H and O–H groups in total. The second kappa shape index (κ2) is 6.72. The van der Waals surface area contributed by atoms with Crippen molar-refractivity contribution < 1.29 is 14.0 Å². The number of hydrogen-bond donors (Lipinski definition) is 2. The number of amides is 2. The van der Waals surface area contributed by atoms with Crippen LogP contribution in [-0.2, 0) is 17.8 Å². The Labute approximate surface area is 146 Å². The first-order valence-electron chi connectivity index (χ1n) is 8.68. The molecule has 1 saturated heterocycles. The molecule has 0 spiro atoms. The summed E-state index contributed by atoms with van der Waals surface area (Å²) in [5, 5.41) is 6.27. The van der Waals surface area contributed by atoms with E-state index in [2.05, 4.69) is 10.6 Å². The number of anilines is 1. The molecule has 4 rings (SSSR count). The zero-order chi connectivity index (χ0) is 17.2. The molecule has 130 valence electrons. The second-order valence-electron chi connectivity index (χ2n) is 6.56. The van der Waals surface area contributed by atoms with Gasteiger partial charge in [0, 0.05) is 23.8 Å². The highest BCUT2D eigenvalue weighted by molar-refractivity contribution is 6.01. The van der Waals surface area contributed by atoms with Gasteiger partial charge in [-0.1, -0.05) is 18.2 Å². The summed E-state index contributed by atoms with van der Waals surface area (Å²) in [4.78, 5) is 26.5. The fourth-order valence-corrected chi connectivity index (χ4v) is 3.55. The quantitative estimate of drug-likeness (QED) is 0.872. The molecule has 0 aliphatic carbocycles. The third-order valence-electron chi connectivity index (χ3n) is 4.88. The summed E-state index contributed by atoms with van der Waals surface area (Å²) in [6.07, 6.45) is 4.13. The second-order valence-corrected chi connectivity index (χ2v) is 6.56. The van der Waals surface area contributed by atoms with Crippen molar-refractivity contribution >= 4 is 17.5 Å². The van der Waals surface area contributed by atoms with Crippen LogP contribution in [0.25, 0.3) is 0 Å². The number of benzene rings is 1. The molecule has 1 aromatic carbocycles. The minimum absolute atomic E-state index is 0.0453. The average Bonchev–Trinajstić information content (AvgIpc) is 3.34. The maximum absolute atomic E-state index is 12.4. The van der Waals surface area contributed by atoms with E-state index < -0.39 is 0 Å². The summed E-state index contributed by atoms with van der Waals surface area (Å²) in [6.45, 7) is 1.93. The lowest BCUT2D eigenvalue weighted by Crippen LogP contribution is -2.37. The number of hydrogen-bond acceptors (Lipinski definition) is 4. The Morgan fingerprint density at radius 2 is 2.20 bits per heavy atom. The number of carbonyl (C=O) groups excluding carboxylic acids is 2. The monoisotopic (exact) mass is 339 g/mol. The molecule has 0 saturated carbocycles. The summed E-state index contributed by atoms with van der Waals surface area (Å²) in [5.41, 5.74) is 2.66. The molecule has 2 aliphatic rings. The van der Waals surface area contributed by atoms with Gasteiger partial charge in [-0.25, -0.2) is 0 Å². The van der Waals surface area contributed by atoms with Gasteiger partial charge in [0.25, 0.3) is 5.91 Å². The molecule has 2 amide bonds. The van der Waals surface area contributed by atoms with Crippen LogP contribution in [0.15, 0.2) is 41.0 Å². The van der Waals surface area contributed by atoms with Gasteiger partial charge < -0.3 is 20.0 Å². The zero-order valence-electron chi connectivity index (χ0n) is 14.0. The molecule has 2 aliphatic heterocycles. The van der Waals surface area contributed by atoms with Crippen LogP contribution in [0.1, 0.15) is 34.5 Å². The Balaban J connectivity index is 1.46. The Morgan fingerprint density at radius 1 is 1.32 bits per heavy atom. The van der Waals surface area contributed by atoms with Crippen molar-refractivity contribution in [3.05, 3.63) is 53.5 Å². The molecule has 1 atom stereocenters. The summed E-state index contributed by atoms with van der Waals surface area (Å²) in [5.74, 6) is 0.104. The molecule has 0 radical (unpaired) electrons. The summed E-state index contributed by atoms with van der Waals surface area (Å²) < 4.78 is 5.40. The van der Waals surface area contributed by atoms with E-state index >= 15 is 0 Å². The van der Waals surface area contributed by atoms with Gasteiger partial charge in [0.15, 0.2) is 5.76 Å². The molecule has 1 unspecified atom stereocenters. The normalized spacial score (nSPS) is 19.3. The van der Waals surface area contributed by atoms with E-state index in [0.29, 0.717) is 25.6 Å². The van der Waals surface area contributed by atoms with E-state index in [9.17, 15) is 9.59 Å². The zero-order valence-corrected chi connectivity index (χ0v) is 14.0. The predicted octanol–water partition coefficient (Wildman–Crippen LogP) is 1.85. The first-order valence-corrected chi connectivity index (χ1v) is 8.68. The molecular formula is C19H21N3O3. The van der Waals surface area contributed by atoms with Crippen molar-refractivity contribution in [3.63, 3.8) is 0 Å². The highest BCUT2D eigenvalue weighted by Crippen LogP contribution is 2.30. The molecule has 0 bridgehead atoms. The Hall–Kier alpha value is -2.60. The lowest BCUT2D eigenvalue weighted by atomic mass is 10.1. The van der Waals surface area contributed by atoms with Crippen LogP contribution in [0.2, 0.25) is 0 Å². The average molecular weight is 339 g/mol. The highest BCUT2D eigenvalue weighted by atomic mass is 16.3. The molecule has 6 nitrogen and oxygen atoms in total. The van der Waals surface area contributed by atoms with Crippen molar-refractivity contribution in [2.75, 3.05) is 18.0 Å². The summed E-state index contributed by atoms with van der Waals surface area (Å²) in [6, 6.07) is 9.84. The summed E-state index contributed by atoms with van der Waals surface area (Å²) in [7, 11) is 0. The number of furan rings is 1. The van der Waals surface area contributed by atoms with Crippen LogP contribution in [0.4, 0.5) is 5.69 Å². The van der Waals surface area contributed by atoms with Crippen molar-refractivity contribution in [2.45, 2.75) is 31.8 Å². The number of carbonyl (C=O) groups is 2. The van der Waals surface area contributed by atoms with Crippen LogP contribution in [0.5, 0.6) is 0 Å². The fourth-order valence-electron chi connectivity index (χ4n) is 3.55. The summed E-state index contributed by atoms with van der Waals surface area (Å²) >= 11 is 0. The van der Waals surface area contributed by atoms with E-state index in [1.807, 2.05) is 24.3 Å². The molecule has 3 heterocycles. The predicted molar refractivity (Wildman–Crippen MR) is 93.4 cm³/mol. The van der Waals surface area contributed by atoms with Gasteiger partial charge in [0.2, 0.25) is 5.91 Å². The van der Waals surface area contributed by atoms with Crippen LogP contribution >= 0.6 is 0 Å². The van der Waals surface area contributed by atoms with E-state index in [-0.39, 0.29) is 17.6 Å². The number of nitrogens with zero attached hydrogens (tertiary/aromatic N) is 1. The number of nitrogens with one attached hydrogen (secondary N) is 2. The minimum Gasteiger partial charge on any atom is -0.459 e. The standard InChI is InChI=1S/C19H21N3O3/c23-17-10-13-4-1-2-6-16(13)22(17)12-14-7-9-25-18(14)19(24)21-11-15-5-3-8-20-15/h1-2,4,6-7,9,15,20H,3,5,8,10-12H2,(H,21,24). The number of rotatable bonds is 5. The lowest BCUT2D eigenvalue weighted by Gasteiger charge is -2.17. The van der Waals surface area contributed by atoms with Crippen molar-refractivity contribution in [2.24, 2.45) is 0 Å². The van der Waals surface area contributed by atoms with E-state index in [0.717, 1.165) is 36.2 Å². The topological polar surface area (TPSA) is 74.6 Å². The maximum atomic E-state index is 12.4. The third kappa shape index (κ3) is 3.17. The molecule has 1 aromatic heterocycles. The molecule has 2 aromatic rings. The van der Waals surface area contributed by atoms with Gasteiger partial charge in [-0.05, 0) is 37.1 Å². The smallest absolute Gasteiger partial charge is 0.287 e. The van der Waals surface area contributed by atoms with E-state index in [1.165, 1.54) is 6.26 Å². The van der Waals surface area contributed by atoms with Crippen molar-refractivity contribution in [1.82, 2.24) is 10.6 Å². The third-order valence-corrected chi connectivity index (χ3v) is 4.88. The van der Waals surface area contributed by atoms with Crippen molar-refractivity contribution in [3.8, 4) is 0 Å². The van der Waals surface area contributed by atoms with Crippen LogP contribution in [0.3, 0.4) is 0 Å². The largest absolute Gasteiger partial charge is 0.459 e. The molecule has 6 heteroatoms. The Morgan fingerprint density at radius 3 is 3.04 bits per heavy atom. The van der Waals surface area contributed by atoms with Gasteiger partial charge in [-0.3, -0.25) is 9.59 Å². The first-order chi connectivity index (χ1) is 12.2. The van der Waals surface area contributed by atoms with Gasteiger partial charge in [-0.15, -0.1) is 0 Å². The first kappa shape index (κ1) is 15.9. The molecule has 1 fully saturated rings. The van der Waals surface area contributed by atoms with E-state index in [1.54, 1.807) is 11.0 Å². The number of para-hydroxylation sites is 1. The van der Waals surface area contributed by atoms with Crippen LogP contribution < -0.4 is 15.5 Å². The van der Waals surface area contributed by atoms with Crippen LogP contribution in [-0.4, -0.2) is 30.9 Å². The number of fused-ring (bicyclic) bond motifs is 1. The van der Waals surface area contributed by atoms with Crippen molar-refractivity contribution in [1.29, 1.82) is 0 Å². The Bertz CT molecular complexity index is 793. The Kier molecular flexibility index (Phi) is 4.28. The minimum atomic E-state index is -0.228. The fraction of sp³-hybridized carbons (Fsp3) is 0.368. The highest BCUT2D eigenvalue weighted by Gasteiger charge is 2.29. The molecular weight excluding hydrogens is 318 g/mol. The van der Waals surface area contributed by atoms with Crippen LogP contribution in [0, 0.1) is 0 Å².